The highest BCUT2D eigenvalue weighted by atomic mass is 16.3. The predicted molar refractivity (Wildman–Crippen MR) is 75.6 cm³/mol. The van der Waals surface area contributed by atoms with Gasteiger partial charge in [0.2, 0.25) is 0 Å². The second-order valence-corrected chi connectivity index (χ2v) is 5.35. The van der Waals surface area contributed by atoms with Gasteiger partial charge >= 0.3 is 0 Å². The van der Waals surface area contributed by atoms with E-state index in [0.717, 1.165) is 23.8 Å². The molecule has 1 aromatic carbocycles. The fourth-order valence-electron chi connectivity index (χ4n) is 2.88. The minimum atomic E-state index is -0.107. The molecular formula is C16H17NO3. The highest BCUT2D eigenvalue weighted by molar-refractivity contribution is 5.96. The Balaban J connectivity index is 1.85. The smallest absolute Gasteiger partial charge is 0.289 e. The second-order valence-electron chi connectivity index (χ2n) is 5.35. The molecule has 1 aromatic heterocycles. The molecule has 1 atom stereocenters. The number of benzene rings is 1. The van der Waals surface area contributed by atoms with Gasteiger partial charge in [-0.1, -0.05) is 18.2 Å². The van der Waals surface area contributed by atoms with Gasteiger partial charge in [-0.3, -0.25) is 9.59 Å². The normalized spacial score (nSPS) is 18.6. The van der Waals surface area contributed by atoms with Crippen LogP contribution in [0, 0.1) is 0 Å². The SMILES string of the molecule is CC(=O)CC1CCCN1C(=O)c1cc2ccccc2o1. The molecule has 1 fully saturated rings. The van der Waals surface area contributed by atoms with Crippen LogP contribution >= 0.6 is 0 Å². The van der Waals surface area contributed by atoms with Gasteiger partial charge in [-0.2, -0.15) is 0 Å². The topological polar surface area (TPSA) is 50.5 Å². The van der Waals surface area contributed by atoms with Crippen molar-refractivity contribution in [3.8, 4) is 0 Å². The van der Waals surface area contributed by atoms with Crippen molar-refractivity contribution in [3.63, 3.8) is 0 Å². The first-order valence-electron chi connectivity index (χ1n) is 6.94. The summed E-state index contributed by atoms with van der Waals surface area (Å²) in [4.78, 5) is 25.6. The first kappa shape index (κ1) is 12.9. The summed E-state index contributed by atoms with van der Waals surface area (Å²) in [7, 11) is 0. The van der Waals surface area contributed by atoms with E-state index in [1.54, 1.807) is 17.9 Å². The van der Waals surface area contributed by atoms with Crippen molar-refractivity contribution < 1.29 is 14.0 Å². The standard InChI is InChI=1S/C16H17NO3/c1-11(18)9-13-6-4-8-17(13)16(19)15-10-12-5-2-3-7-14(12)20-15/h2-3,5,7,10,13H,4,6,8-9H2,1H3. The zero-order valence-corrected chi connectivity index (χ0v) is 11.5. The summed E-state index contributed by atoms with van der Waals surface area (Å²) in [5.74, 6) is 0.380. The van der Waals surface area contributed by atoms with Crippen molar-refractivity contribution in [2.45, 2.75) is 32.2 Å². The third-order valence-corrected chi connectivity index (χ3v) is 3.80. The van der Waals surface area contributed by atoms with Gasteiger partial charge in [0.1, 0.15) is 11.4 Å². The molecule has 4 heteroatoms. The lowest BCUT2D eigenvalue weighted by molar-refractivity contribution is -0.117. The van der Waals surface area contributed by atoms with E-state index in [0.29, 0.717) is 18.7 Å². The average Bonchev–Trinajstić information content (AvgIpc) is 3.03. The zero-order chi connectivity index (χ0) is 14.1. The van der Waals surface area contributed by atoms with Crippen LogP contribution in [0.5, 0.6) is 0 Å². The molecule has 20 heavy (non-hydrogen) atoms. The van der Waals surface area contributed by atoms with Gasteiger partial charge in [0.05, 0.1) is 0 Å². The van der Waals surface area contributed by atoms with Crippen molar-refractivity contribution in [1.29, 1.82) is 0 Å². The Hall–Kier alpha value is -2.10. The Morgan fingerprint density at radius 3 is 2.90 bits per heavy atom. The number of fused-ring (bicyclic) bond motifs is 1. The predicted octanol–water partition coefficient (Wildman–Crippen LogP) is 3.02. The molecule has 1 amide bonds. The monoisotopic (exact) mass is 271 g/mol. The summed E-state index contributed by atoms with van der Waals surface area (Å²) in [5.41, 5.74) is 0.721. The number of hydrogen-bond acceptors (Lipinski definition) is 3. The van der Waals surface area contributed by atoms with E-state index < -0.39 is 0 Å². The minimum absolute atomic E-state index is 0.0215. The van der Waals surface area contributed by atoms with Gasteiger partial charge in [0, 0.05) is 24.4 Å². The number of carbonyl (C=O) groups excluding carboxylic acids is 2. The van der Waals surface area contributed by atoms with E-state index in [-0.39, 0.29) is 17.7 Å². The van der Waals surface area contributed by atoms with Crippen LogP contribution in [-0.2, 0) is 4.79 Å². The second kappa shape index (κ2) is 5.12. The van der Waals surface area contributed by atoms with Crippen LogP contribution in [0.15, 0.2) is 34.7 Å². The molecule has 4 nitrogen and oxygen atoms in total. The molecule has 0 spiro atoms. The molecule has 0 bridgehead atoms. The average molecular weight is 271 g/mol. The Bertz CT molecular complexity index is 626. The van der Waals surface area contributed by atoms with Crippen molar-refractivity contribution in [3.05, 3.63) is 36.1 Å². The number of rotatable bonds is 3. The van der Waals surface area contributed by atoms with E-state index >= 15 is 0 Å². The number of likely N-dealkylation sites (tertiary alicyclic amines) is 1. The van der Waals surface area contributed by atoms with Crippen LogP contribution in [-0.4, -0.2) is 29.2 Å². The van der Waals surface area contributed by atoms with E-state index in [9.17, 15) is 9.59 Å². The highest BCUT2D eigenvalue weighted by Gasteiger charge is 2.31. The Morgan fingerprint density at radius 2 is 2.15 bits per heavy atom. The fraction of sp³-hybridized carbons (Fsp3) is 0.375. The quantitative estimate of drug-likeness (QED) is 0.862. The van der Waals surface area contributed by atoms with Crippen LogP contribution < -0.4 is 0 Å². The lowest BCUT2D eigenvalue weighted by atomic mass is 10.1. The molecule has 0 N–H and O–H groups in total. The molecule has 2 aromatic rings. The van der Waals surface area contributed by atoms with Gasteiger partial charge < -0.3 is 9.32 Å². The van der Waals surface area contributed by atoms with Gasteiger partial charge in [0.15, 0.2) is 5.76 Å². The molecule has 3 rings (SSSR count). The zero-order valence-electron chi connectivity index (χ0n) is 11.5. The number of hydrogen-bond donors (Lipinski definition) is 0. The highest BCUT2D eigenvalue weighted by Crippen LogP contribution is 2.25. The minimum Gasteiger partial charge on any atom is -0.451 e. The third-order valence-electron chi connectivity index (χ3n) is 3.80. The lowest BCUT2D eigenvalue weighted by Gasteiger charge is -2.22. The maximum atomic E-state index is 12.5. The van der Waals surface area contributed by atoms with Crippen molar-refractivity contribution in [1.82, 2.24) is 4.90 Å². The summed E-state index contributed by atoms with van der Waals surface area (Å²) >= 11 is 0. The number of ketones is 1. The third kappa shape index (κ3) is 2.33. The molecule has 2 heterocycles. The van der Waals surface area contributed by atoms with E-state index in [4.69, 9.17) is 4.42 Å². The maximum absolute atomic E-state index is 12.5. The summed E-state index contributed by atoms with van der Waals surface area (Å²) in [5, 5.41) is 0.929. The van der Waals surface area contributed by atoms with Crippen molar-refractivity contribution >= 4 is 22.7 Å². The summed E-state index contributed by atoms with van der Waals surface area (Å²) < 4.78 is 5.62. The number of Topliss-reactive ketones (excluding diaryl/α,β-unsaturated/α-hetero) is 1. The number of nitrogens with zero attached hydrogens (tertiary/aromatic N) is 1. The van der Waals surface area contributed by atoms with Gasteiger partial charge in [-0.25, -0.2) is 0 Å². The molecule has 104 valence electrons. The number of carbonyl (C=O) groups is 2. The number of amides is 1. The van der Waals surface area contributed by atoms with Gasteiger partial charge in [-0.15, -0.1) is 0 Å². The van der Waals surface area contributed by atoms with Crippen LogP contribution in [0.25, 0.3) is 11.0 Å². The van der Waals surface area contributed by atoms with E-state index in [1.807, 2.05) is 24.3 Å². The van der Waals surface area contributed by atoms with Gasteiger partial charge in [-0.05, 0) is 31.9 Å². The largest absolute Gasteiger partial charge is 0.451 e. The fourth-order valence-corrected chi connectivity index (χ4v) is 2.88. The number of para-hydroxylation sites is 1. The Kier molecular flexibility index (Phi) is 3.30. The van der Waals surface area contributed by atoms with Crippen LogP contribution in [0.3, 0.4) is 0 Å². The molecule has 1 unspecified atom stereocenters. The molecule has 1 aliphatic heterocycles. The van der Waals surface area contributed by atoms with E-state index in [2.05, 4.69) is 0 Å². The van der Waals surface area contributed by atoms with Crippen LogP contribution in [0.1, 0.15) is 36.7 Å². The summed E-state index contributed by atoms with van der Waals surface area (Å²) in [6.07, 6.45) is 2.28. The van der Waals surface area contributed by atoms with Crippen LogP contribution in [0.4, 0.5) is 0 Å². The molecule has 1 aliphatic rings. The molecule has 1 saturated heterocycles. The van der Waals surface area contributed by atoms with E-state index in [1.165, 1.54) is 0 Å². The van der Waals surface area contributed by atoms with Crippen molar-refractivity contribution in [2.75, 3.05) is 6.54 Å². The van der Waals surface area contributed by atoms with Crippen molar-refractivity contribution in [2.24, 2.45) is 0 Å². The Labute approximate surface area is 117 Å². The first-order chi connectivity index (χ1) is 9.65. The Morgan fingerprint density at radius 1 is 1.35 bits per heavy atom. The lowest BCUT2D eigenvalue weighted by Crippen LogP contribution is -2.36. The molecular weight excluding hydrogens is 254 g/mol. The summed E-state index contributed by atoms with van der Waals surface area (Å²) in [6.45, 7) is 2.27. The molecule has 0 radical (unpaired) electrons. The number of furan rings is 1. The first-order valence-corrected chi connectivity index (χ1v) is 6.94. The maximum Gasteiger partial charge on any atom is 0.289 e. The molecule has 0 saturated carbocycles. The van der Waals surface area contributed by atoms with Crippen LogP contribution in [0.2, 0.25) is 0 Å². The van der Waals surface area contributed by atoms with Gasteiger partial charge in [0.25, 0.3) is 5.91 Å². The molecule has 0 aliphatic carbocycles. The summed E-state index contributed by atoms with van der Waals surface area (Å²) in [6, 6.07) is 9.37.